The van der Waals surface area contributed by atoms with E-state index in [0.29, 0.717) is 41.0 Å². The van der Waals surface area contributed by atoms with Crippen LogP contribution in [0.15, 0.2) is 9.70 Å². The first-order valence-electron chi connectivity index (χ1n) is 13.6. The minimum Gasteiger partial charge on any atom is -0.372 e. The predicted molar refractivity (Wildman–Crippen MR) is 156 cm³/mol. The van der Waals surface area contributed by atoms with Crippen molar-refractivity contribution >= 4 is 46.1 Å². The van der Waals surface area contributed by atoms with Crippen molar-refractivity contribution < 1.29 is 9.53 Å². The third kappa shape index (κ3) is 6.84. The van der Waals surface area contributed by atoms with Crippen LogP contribution in [-0.2, 0) is 16.1 Å². The van der Waals surface area contributed by atoms with E-state index in [9.17, 15) is 14.9 Å². The maximum Gasteiger partial charge on any atom is 0.270 e. The molecule has 1 amide bonds. The molecule has 0 spiro atoms. The van der Waals surface area contributed by atoms with Crippen molar-refractivity contribution in [3.8, 4) is 6.07 Å². The van der Waals surface area contributed by atoms with E-state index in [2.05, 4.69) is 24.8 Å². The quantitative estimate of drug-likeness (QED) is 0.203. The number of aromatic nitrogens is 1. The normalized spacial score (nSPS) is 21.2. The van der Waals surface area contributed by atoms with Crippen LogP contribution in [0.25, 0.3) is 6.08 Å². The summed E-state index contributed by atoms with van der Waals surface area (Å²) < 4.78 is 8.27. The Bertz CT molecular complexity index is 1130. The standard InChI is InChI=1S/C28H40N4O3S2/c1-6-8-10-11-12-14-32-27(34)24(37-28(32)36)15-22-21(5)23(16-29)26(33)31(13-9-7-2)25(22)30-17-19(3)35-20(4)18-30/h15,19-20H,6-14,17-18H2,1-5H3/b24-15+. The lowest BCUT2D eigenvalue weighted by molar-refractivity contribution is -0.122. The molecular formula is C28H40N4O3S2. The molecule has 7 nitrogen and oxygen atoms in total. The van der Waals surface area contributed by atoms with Gasteiger partial charge in [-0.2, -0.15) is 5.26 Å². The van der Waals surface area contributed by atoms with Crippen LogP contribution in [0, 0.1) is 18.3 Å². The Kier molecular flexibility index (Phi) is 10.8. The van der Waals surface area contributed by atoms with Gasteiger partial charge in [0.05, 0.1) is 17.1 Å². The topological polar surface area (TPSA) is 78.6 Å². The highest BCUT2D eigenvalue weighted by Crippen LogP contribution is 2.36. The van der Waals surface area contributed by atoms with E-state index in [1.807, 2.05) is 19.9 Å². The minimum absolute atomic E-state index is 0.00630. The first-order chi connectivity index (χ1) is 17.7. The van der Waals surface area contributed by atoms with Gasteiger partial charge >= 0.3 is 0 Å². The fourth-order valence-electron chi connectivity index (χ4n) is 5.06. The number of carbonyl (C=O) groups is 1. The third-order valence-corrected chi connectivity index (χ3v) is 8.31. The molecular weight excluding hydrogens is 504 g/mol. The molecule has 0 radical (unpaired) electrons. The van der Waals surface area contributed by atoms with Crippen molar-refractivity contribution in [2.45, 2.75) is 98.3 Å². The number of hydrogen-bond acceptors (Lipinski definition) is 7. The molecule has 37 heavy (non-hydrogen) atoms. The van der Waals surface area contributed by atoms with Gasteiger partial charge in [-0.05, 0) is 45.3 Å². The van der Waals surface area contributed by atoms with Gasteiger partial charge in [-0.15, -0.1) is 0 Å². The molecule has 202 valence electrons. The van der Waals surface area contributed by atoms with Gasteiger partial charge in [-0.3, -0.25) is 19.1 Å². The molecule has 0 saturated carbocycles. The van der Waals surface area contributed by atoms with Gasteiger partial charge in [0.1, 0.15) is 21.8 Å². The van der Waals surface area contributed by atoms with E-state index in [1.165, 1.54) is 24.6 Å². The number of nitriles is 1. The molecule has 3 heterocycles. The lowest BCUT2D eigenvalue weighted by atomic mass is 10.0. The monoisotopic (exact) mass is 544 g/mol. The molecule has 1 aromatic rings. The van der Waals surface area contributed by atoms with Crippen LogP contribution in [0.3, 0.4) is 0 Å². The van der Waals surface area contributed by atoms with Crippen molar-refractivity contribution in [1.82, 2.24) is 9.47 Å². The molecule has 2 unspecified atom stereocenters. The second kappa shape index (κ2) is 13.6. The second-order valence-electron chi connectivity index (χ2n) is 10.1. The van der Waals surface area contributed by atoms with Gasteiger partial charge in [-0.25, -0.2) is 0 Å². The Morgan fingerprint density at radius 3 is 2.32 bits per heavy atom. The zero-order valence-electron chi connectivity index (χ0n) is 22.8. The number of nitrogens with zero attached hydrogens (tertiary/aromatic N) is 4. The van der Waals surface area contributed by atoms with Crippen LogP contribution >= 0.6 is 24.0 Å². The van der Waals surface area contributed by atoms with E-state index in [0.717, 1.165) is 43.5 Å². The highest BCUT2D eigenvalue weighted by atomic mass is 32.2. The van der Waals surface area contributed by atoms with Gasteiger partial charge in [0.15, 0.2) is 0 Å². The summed E-state index contributed by atoms with van der Waals surface area (Å²) in [6.45, 7) is 12.5. The van der Waals surface area contributed by atoms with E-state index in [1.54, 1.807) is 16.4 Å². The summed E-state index contributed by atoms with van der Waals surface area (Å²) in [6.07, 6.45) is 9.12. The summed E-state index contributed by atoms with van der Waals surface area (Å²) in [7, 11) is 0. The number of ether oxygens (including phenoxy) is 1. The van der Waals surface area contributed by atoms with Gasteiger partial charge < -0.3 is 9.64 Å². The molecule has 0 aromatic carbocycles. The van der Waals surface area contributed by atoms with Gasteiger partial charge in [0.2, 0.25) is 0 Å². The molecule has 9 heteroatoms. The fourth-order valence-corrected chi connectivity index (χ4v) is 6.35. The first-order valence-corrected chi connectivity index (χ1v) is 14.8. The summed E-state index contributed by atoms with van der Waals surface area (Å²) >= 11 is 6.89. The molecule has 2 atom stereocenters. The Hall–Kier alpha value is -2.15. The number of pyridine rings is 1. The fraction of sp³-hybridized carbons (Fsp3) is 0.643. The molecule has 1 aromatic heterocycles. The predicted octanol–water partition coefficient (Wildman–Crippen LogP) is 5.61. The summed E-state index contributed by atoms with van der Waals surface area (Å²) in [4.78, 5) is 31.3. The third-order valence-electron chi connectivity index (χ3n) is 6.94. The average molecular weight is 545 g/mol. The molecule has 0 N–H and O–H groups in total. The number of thiocarbonyl (C=S) groups is 1. The average Bonchev–Trinajstić information content (AvgIpc) is 3.11. The number of rotatable bonds is 11. The molecule has 0 bridgehead atoms. The molecule has 2 aliphatic rings. The maximum atomic E-state index is 13.5. The largest absolute Gasteiger partial charge is 0.372 e. The summed E-state index contributed by atoms with van der Waals surface area (Å²) in [5.74, 6) is 0.672. The number of carbonyl (C=O) groups excluding carboxylic acids is 1. The zero-order valence-corrected chi connectivity index (χ0v) is 24.5. The number of unbranched alkanes of at least 4 members (excludes halogenated alkanes) is 5. The van der Waals surface area contributed by atoms with Crippen molar-refractivity contribution in [1.29, 1.82) is 5.26 Å². The van der Waals surface area contributed by atoms with Crippen molar-refractivity contribution in [3.05, 3.63) is 31.9 Å². The van der Waals surface area contributed by atoms with E-state index < -0.39 is 0 Å². The van der Waals surface area contributed by atoms with Gasteiger partial charge in [0, 0.05) is 31.7 Å². The Morgan fingerprint density at radius 1 is 1.05 bits per heavy atom. The van der Waals surface area contributed by atoms with Crippen LogP contribution in [0.2, 0.25) is 0 Å². The lowest BCUT2D eigenvalue weighted by Crippen LogP contribution is -2.48. The Balaban J connectivity index is 2.07. The van der Waals surface area contributed by atoms with Crippen LogP contribution in [0.1, 0.15) is 89.3 Å². The Morgan fingerprint density at radius 2 is 1.70 bits per heavy atom. The summed E-state index contributed by atoms with van der Waals surface area (Å²) in [5, 5.41) is 9.90. The van der Waals surface area contributed by atoms with E-state index in [4.69, 9.17) is 17.0 Å². The number of anilines is 1. The van der Waals surface area contributed by atoms with Crippen molar-refractivity contribution in [2.75, 3.05) is 24.5 Å². The van der Waals surface area contributed by atoms with Crippen molar-refractivity contribution in [3.63, 3.8) is 0 Å². The minimum atomic E-state index is -0.271. The van der Waals surface area contributed by atoms with E-state index >= 15 is 0 Å². The van der Waals surface area contributed by atoms with Gasteiger partial charge in [0.25, 0.3) is 11.5 Å². The molecule has 2 aliphatic heterocycles. The number of morpholine rings is 1. The summed E-state index contributed by atoms with van der Waals surface area (Å²) in [6, 6.07) is 2.13. The second-order valence-corrected chi connectivity index (χ2v) is 11.7. The molecule has 2 saturated heterocycles. The van der Waals surface area contributed by atoms with Gasteiger partial charge in [-0.1, -0.05) is 69.9 Å². The maximum absolute atomic E-state index is 13.5. The molecule has 2 fully saturated rings. The number of hydrogen-bond donors (Lipinski definition) is 0. The van der Waals surface area contributed by atoms with Crippen molar-refractivity contribution in [2.24, 2.45) is 0 Å². The Labute approximate surface area is 230 Å². The van der Waals surface area contributed by atoms with Crippen LogP contribution in [-0.4, -0.2) is 51.5 Å². The molecule has 0 aliphatic carbocycles. The lowest BCUT2D eigenvalue weighted by Gasteiger charge is -2.39. The number of thioether (sulfide) groups is 1. The smallest absolute Gasteiger partial charge is 0.270 e. The number of amides is 1. The van der Waals surface area contributed by atoms with Crippen LogP contribution in [0.4, 0.5) is 5.82 Å². The van der Waals surface area contributed by atoms with Crippen LogP contribution < -0.4 is 10.5 Å². The zero-order chi connectivity index (χ0) is 27.1. The van der Waals surface area contributed by atoms with Crippen LogP contribution in [0.5, 0.6) is 0 Å². The highest BCUT2D eigenvalue weighted by Gasteiger charge is 2.34. The molecule has 3 rings (SSSR count). The SMILES string of the molecule is CCCCCCCN1C(=O)/C(=C\c2c(C)c(C#N)c(=O)n(CCCC)c2N2CC(C)OC(C)C2)SC1=S. The highest BCUT2D eigenvalue weighted by molar-refractivity contribution is 8.26. The summed E-state index contributed by atoms with van der Waals surface area (Å²) in [5.41, 5.74) is 1.21. The first kappa shape index (κ1) is 29.4. The van der Waals surface area contributed by atoms with E-state index in [-0.39, 0.29) is 29.2 Å².